The lowest BCUT2D eigenvalue weighted by molar-refractivity contribution is 0.971. The number of hydrogen-bond acceptors (Lipinski definition) is 2. The van der Waals surface area contributed by atoms with Crippen molar-refractivity contribution >= 4 is 65.5 Å². The number of aromatic nitrogens is 1. The first-order valence-corrected chi connectivity index (χ1v) is 14.0. The Hall–Kier alpha value is -5.41. The van der Waals surface area contributed by atoms with Crippen LogP contribution in [0, 0.1) is 0 Å². The summed E-state index contributed by atoms with van der Waals surface area (Å²) in [6.45, 7) is 0. The molecular formula is C38H27N3. The summed E-state index contributed by atoms with van der Waals surface area (Å²) in [5.41, 5.74) is 6.29. The molecule has 0 spiro atoms. The van der Waals surface area contributed by atoms with E-state index < -0.39 is 0 Å². The maximum atomic E-state index is 5.55. The molecule has 7 aromatic carbocycles. The van der Waals surface area contributed by atoms with Crippen molar-refractivity contribution in [1.82, 2.24) is 4.68 Å². The van der Waals surface area contributed by atoms with Gasteiger partial charge in [0, 0.05) is 45.4 Å². The van der Waals surface area contributed by atoms with Crippen molar-refractivity contribution in [1.29, 1.82) is 0 Å². The summed E-state index contributed by atoms with van der Waals surface area (Å²) in [6.07, 6.45) is 0. The van der Waals surface area contributed by atoms with Gasteiger partial charge in [0.25, 0.3) is 0 Å². The minimum atomic E-state index is 0.917. The SMILES string of the molecule is CNc1ccccc1/C(=N\n1c2ccccc2c2c3c4ccccc4ccc3c3ccccc3c21)c1ccccc1. The van der Waals surface area contributed by atoms with Crippen molar-refractivity contribution in [3.05, 3.63) is 151 Å². The number of para-hydroxylation sites is 2. The van der Waals surface area contributed by atoms with E-state index in [1.54, 1.807) is 0 Å². The Morgan fingerprint density at radius 3 is 2.02 bits per heavy atom. The van der Waals surface area contributed by atoms with Gasteiger partial charge >= 0.3 is 0 Å². The van der Waals surface area contributed by atoms with Gasteiger partial charge in [-0.1, -0.05) is 127 Å². The number of rotatable bonds is 4. The standard InChI is InChI=1S/C38H27N3/c1-39-33-21-11-9-19-31(33)37(26-14-3-2-4-15-26)40-41-34-22-12-10-20-32(34)36-35-27-16-6-5-13-25(27)23-24-29(35)28-17-7-8-18-30(28)38(36)41/h2-24,39H,1H3/b40-37-. The quantitative estimate of drug-likeness (QED) is 0.180. The fourth-order valence-electron chi connectivity index (χ4n) is 6.39. The molecule has 1 aromatic heterocycles. The topological polar surface area (TPSA) is 29.3 Å². The summed E-state index contributed by atoms with van der Waals surface area (Å²) >= 11 is 0. The van der Waals surface area contributed by atoms with Gasteiger partial charge in [0.05, 0.1) is 11.0 Å². The molecule has 0 aliphatic heterocycles. The second-order valence-electron chi connectivity index (χ2n) is 10.4. The highest BCUT2D eigenvalue weighted by atomic mass is 15.4. The fourth-order valence-corrected chi connectivity index (χ4v) is 6.39. The molecule has 3 nitrogen and oxygen atoms in total. The van der Waals surface area contributed by atoms with E-state index in [1.807, 2.05) is 7.05 Å². The highest BCUT2D eigenvalue weighted by Crippen LogP contribution is 2.43. The number of anilines is 1. The summed E-state index contributed by atoms with van der Waals surface area (Å²) in [4.78, 5) is 0. The fraction of sp³-hybridized carbons (Fsp3) is 0.0263. The van der Waals surface area contributed by atoms with Crippen LogP contribution in [0.5, 0.6) is 0 Å². The summed E-state index contributed by atoms with van der Waals surface area (Å²) in [7, 11) is 1.96. The number of fused-ring (bicyclic) bond motifs is 10. The molecule has 0 saturated heterocycles. The first kappa shape index (κ1) is 23.5. The molecular weight excluding hydrogens is 498 g/mol. The van der Waals surface area contributed by atoms with Crippen LogP contribution in [0.2, 0.25) is 0 Å². The van der Waals surface area contributed by atoms with E-state index in [2.05, 4.69) is 150 Å². The molecule has 3 heteroatoms. The maximum Gasteiger partial charge on any atom is 0.100 e. The minimum absolute atomic E-state index is 0.917. The third-order valence-electron chi connectivity index (χ3n) is 8.20. The molecule has 0 amide bonds. The van der Waals surface area contributed by atoms with Crippen LogP contribution in [0.3, 0.4) is 0 Å². The van der Waals surface area contributed by atoms with Crippen molar-refractivity contribution in [3.63, 3.8) is 0 Å². The van der Waals surface area contributed by atoms with Crippen LogP contribution in [-0.4, -0.2) is 17.4 Å². The third kappa shape index (κ3) is 3.56. The lowest BCUT2D eigenvalue weighted by atomic mass is 9.93. The predicted octanol–water partition coefficient (Wildman–Crippen LogP) is 9.60. The third-order valence-corrected chi connectivity index (χ3v) is 8.20. The van der Waals surface area contributed by atoms with Crippen molar-refractivity contribution in [2.75, 3.05) is 12.4 Å². The van der Waals surface area contributed by atoms with Crippen LogP contribution in [0.1, 0.15) is 11.1 Å². The molecule has 0 aliphatic rings. The van der Waals surface area contributed by atoms with Crippen LogP contribution >= 0.6 is 0 Å². The average molecular weight is 526 g/mol. The Balaban J connectivity index is 1.62. The molecule has 0 saturated carbocycles. The normalized spacial score (nSPS) is 12.2. The number of nitrogens with zero attached hydrogens (tertiary/aromatic N) is 2. The Bertz CT molecular complexity index is 2290. The van der Waals surface area contributed by atoms with Crippen molar-refractivity contribution in [3.8, 4) is 0 Å². The zero-order chi connectivity index (χ0) is 27.3. The Labute approximate surface area is 238 Å². The van der Waals surface area contributed by atoms with E-state index in [0.29, 0.717) is 0 Å². The monoisotopic (exact) mass is 525 g/mol. The molecule has 0 radical (unpaired) electrons. The molecule has 0 fully saturated rings. The van der Waals surface area contributed by atoms with Gasteiger partial charge in [0.2, 0.25) is 0 Å². The van der Waals surface area contributed by atoms with Gasteiger partial charge in [-0.15, -0.1) is 0 Å². The van der Waals surface area contributed by atoms with Crippen molar-refractivity contribution in [2.24, 2.45) is 5.10 Å². The average Bonchev–Trinajstić information content (AvgIpc) is 3.38. The first-order valence-electron chi connectivity index (χ1n) is 14.0. The van der Waals surface area contributed by atoms with Gasteiger partial charge in [0.1, 0.15) is 5.71 Å². The van der Waals surface area contributed by atoms with Crippen LogP contribution in [0.15, 0.2) is 145 Å². The molecule has 1 N–H and O–H groups in total. The molecule has 41 heavy (non-hydrogen) atoms. The zero-order valence-electron chi connectivity index (χ0n) is 22.7. The predicted molar refractivity (Wildman–Crippen MR) is 175 cm³/mol. The van der Waals surface area contributed by atoms with E-state index in [9.17, 15) is 0 Å². The van der Waals surface area contributed by atoms with Gasteiger partial charge in [0.15, 0.2) is 0 Å². The lowest BCUT2D eigenvalue weighted by Crippen LogP contribution is -2.09. The number of nitrogens with one attached hydrogen (secondary N) is 1. The lowest BCUT2D eigenvalue weighted by Gasteiger charge is -2.15. The summed E-state index contributed by atoms with van der Waals surface area (Å²) in [5, 5.41) is 18.9. The molecule has 194 valence electrons. The van der Waals surface area contributed by atoms with Crippen LogP contribution < -0.4 is 5.32 Å². The van der Waals surface area contributed by atoms with E-state index in [0.717, 1.165) is 33.6 Å². The highest BCUT2D eigenvalue weighted by Gasteiger charge is 2.20. The van der Waals surface area contributed by atoms with Crippen LogP contribution in [-0.2, 0) is 0 Å². The second kappa shape index (κ2) is 9.35. The van der Waals surface area contributed by atoms with E-state index in [4.69, 9.17) is 5.10 Å². The van der Waals surface area contributed by atoms with Crippen molar-refractivity contribution < 1.29 is 0 Å². The van der Waals surface area contributed by atoms with Gasteiger partial charge in [-0.25, -0.2) is 4.68 Å². The summed E-state index contributed by atoms with van der Waals surface area (Å²) in [6, 6.07) is 49.5. The van der Waals surface area contributed by atoms with Gasteiger partial charge in [-0.05, 0) is 33.7 Å². The van der Waals surface area contributed by atoms with E-state index in [1.165, 1.54) is 43.1 Å². The Morgan fingerprint density at radius 2 is 1.20 bits per heavy atom. The molecule has 0 bridgehead atoms. The van der Waals surface area contributed by atoms with Gasteiger partial charge in [-0.3, -0.25) is 0 Å². The molecule has 8 rings (SSSR count). The van der Waals surface area contributed by atoms with Crippen LogP contribution in [0.25, 0.3) is 54.1 Å². The van der Waals surface area contributed by atoms with Gasteiger partial charge < -0.3 is 5.32 Å². The summed E-state index contributed by atoms with van der Waals surface area (Å²) < 4.78 is 2.18. The first-order chi connectivity index (χ1) is 20.3. The zero-order valence-corrected chi connectivity index (χ0v) is 22.7. The molecule has 0 unspecified atom stereocenters. The van der Waals surface area contributed by atoms with Crippen molar-refractivity contribution in [2.45, 2.75) is 0 Å². The van der Waals surface area contributed by atoms with E-state index in [-0.39, 0.29) is 0 Å². The number of benzene rings is 7. The second-order valence-corrected chi connectivity index (χ2v) is 10.4. The molecule has 8 aromatic rings. The summed E-state index contributed by atoms with van der Waals surface area (Å²) in [5.74, 6) is 0. The molecule has 1 heterocycles. The highest BCUT2D eigenvalue weighted by molar-refractivity contribution is 6.36. The largest absolute Gasteiger partial charge is 0.388 e. The van der Waals surface area contributed by atoms with Gasteiger partial charge in [-0.2, -0.15) is 5.10 Å². The maximum absolute atomic E-state index is 5.55. The molecule has 0 aliphatic carbocycles. The Morgan fingerprint density at radius 1 is 0.537 bits per heavy atom. The number of hydrogen-bond donors (Lipinski definition) is 1. The Kier molecular flexibility index (Phi) is 5.36. The smallest absolute Gasteiger partial charge is 0.100 e. The van der Waals surface area contributed by atoms with E-state index >= 15 is 0 Å². The minimum Gasteiger partial charge on any atom is -0.388 e. The van der Waals surface area contributed by atoms with Crippen LogP contribution in [0.4, 0.5) is 5.69 Å². The molecule has 0 atom stereocenters.